The number of hydrogen-bond donors (Lipinski definition) is 0. The maximum Gasteiger partial charge on any atom is 0.168 e. The van der Waals surface area contributed by atoms with E-state index in [9.17, 15) is 8.78 Å². The average Bonchev–Trinajstić information content (AvgIpc) is 2.58. The molecule has 0 bridgehead atoms. The molecule has 0 aliphatic rings. The molecule has 3 nitrogen and oxygen atoms in total. The van der Waals surface area contributed by atoms with Gasteiger partial charge in [-0.05, 0) is 42.5 Å². The molecule has 0 saturated carbocycles. The van der Waals surface area contributed by atoms with Crippen LogP contribution in [0.4, 0.5) is 14.5 Å². The van der Waals surface area contributed by atoms with E-state index in [0.29, 0.717) is 5.75 Å². The monoisotopic (exact) mass is 310 g/mol. The minimum Gasteiger partial charge on any atom is -0.454 e. The first-order valence-electron chi connectivity index (χ1n) is 6.88. The third kappa shape index (κ3) is 3.97. The van der Waals surface area contributed by atoms with Gasteiger partial charge in [0.15, 0.2) is 11.6 Å². The maximum atomic E-state index is 13.5. The van der Waals surface area contributed by atoms with Crippen LogP contribution in [0, 0.1) is 11.6 Å². The first kappa shape index (κ1) is 14.8. The molecule has 114 valence electrons. The van der Waals surface area contributed by atoms with Crippen LogP contribution in [0.1, 0.15) is 5.56 Å². The van der Waals surface area contributed by atoms with Crippen molar-refractivity contribution in [2.75, 3.05) is 0 Å². The standard InChI is InChI=1S/C18H12F2N2O/c19-14-3-8-18(17(20)10-14)23-16-6-4-15(5-7-16)22-12-13-2-1-9-21-11-13/h1-12H. The molecule has 3 rings (SSSR count). The zero-order valence-electron chi connectivity index (χ0n) is 12.0. The minimum atomic E-state index is -0.747. The molecule has 1 heterocycles. The molecule has 1 aromatic heterocycles. The first-order valence-corrected chi connectivity index (χ1v) is 6.88. The van der Waals surface area contributed by atoms with E-state index in [0.717, 1.165) is 23.4 Å². The van der Waals surface area contributed by atoms with Crippen molar-refractivity contribution in [3.63, 3.8) is 0 Å². The van der Waals surface area contributed by atoms with Crippen molar-refractivity contribution in [1.29, 1.82) is 0 Å². The molecular formula is C18H12F2N2O. The average molecular weight is 310 g/mol. The summed E-state index contributed by atoms with van der Waals surface area (Å²) in [6, 6.07) is 13.7. The van der Waals surface area contributed by atoms with Crippen molar-refractivity contribution in [2.24, 2.45) is 4.99 Å². The van der Waals surface area contributed by atoms with E-state index < -0.39 is 11.6 Å². The topological polar surface area (TPSA) is 34.5 Å². The smallest absolute Gasteiger partial charge is 0.168 e. The van der Waals surface area contributed by atoms with E-state index >= 15 is 0 Å². The number of hydrogen-bond acceptors (Lipinski definition) is 3. The number of aliphatic imine (C=N–C) groups is 1. The molecule has 0 N–H and O–H groups in total. The highest BCUT2D eigenvalue weighted by Gasteiger charge is 2.06. The number of pyridine rings is 1. The highest BCUT2D eigenvalue weighted by atomic mass is 19.1. The van der Waals surface area contributed by atoms with Gasteiger partial charge in [0.2, 0.25) is 0 Å². The van der Waals surface area contributed by atoms with Crippen molar-refractivity contribution in [2.45, 2.75) is 0 Å². The summed E-state index contributed by atoms with van der Waals surface area (Å²) in [5, 5.41) is 0. The summed E-state index contributed by atoms with van der Waals surface area (Å²) in [5.41, 5.74) is 1.61. The van der Waals surface area contributed by atoms with Crippen LogP contribution in [-0.4, -0.2) is 11.2 Å². The number of halogens is 2. The number of benzene rings is 2. The molecule has 0 radical (unpaired) electrons. The Balaban J connectivity index is 1.71. The van der Waals surface area contributed by atoms with Crippen LogP contribution < -0.4 is 4.74 Å². The van der Waals surface area contributed by atoms with Gasteiger partial charge in [0.25, 0.3) is 0 Å². The zero-order valence-corrected chi connectivity index (χ0v) is 12.0. The Hall–Kier alpha value is -3.08. The predicted molar refractivity (Wildman–Crippen MR) is 84.4 cm³/mol. The van der Waals surface area contributed by atoms with Crippen molar-refractivity contribution in [3.05, 3.63) is 84.2 Å². The van der Waals surface area contributed by atoms with Gasteiger partial charge in [0.05, 0.1) is 5.69 Å². The van der Waals surface area contributed by atoms with Crippen LogP contribution in [0.2, 0.25) is 0 Å². The minimum absolute atomic E-state index is 0.0296. The molecule has 5 heteroatoms. The first-order chi connectivity index (χ1) is 11.2. The van der Waals surface area contributed by atoms with Crippen LogP contribution in [0.5, 0.6) is 11.5 Å². The van der Waals surface area contributed by atoms with Crippen LogP contribution >= 0.6 is 0 Å². The Morgan fingerprint density at radius 2 is 1.83 bits per heavy atom. The van der Waals surface area contributed by atoms with E-state index in [2.05, 4.69) is 9.98 Å². The van der Waals surface area contributed by atoms with Crippen molar-refractivity contribution < 1.29 is 13.5 Å². The molecule has 0 aliphatic carbocycles. The summed E-state index contributed by atoms with van der Waals surface area (Å²) >= 11 is 0. The molecule has 0 saturated heterocycles. The van der Waals surface area contributed by atoms with E-state index in [4.69, 9.17) is 4.74 Å². The lowest BCUT2D eigenvalue weighted by atomic mass is 10.3. The maximum absolute atomic E-state index is 13.5. The Kier molecular flexibility index (Phi) is 4.38. The van der Waals surface area contributed by atoms with Crippen LogP contribution in [0.15, 0.2) is 72.0 Å². The second-order valence-corrected chi connectivity index (χ2v) is 4.72. The normalized spacial score (nSPS) is 10.9. The third-order valence-corrected chi connectivity index (χ3v) is 3.01. The summed E-state index contributed by atoms with van der Waals surface area (Å²) < 4.78 is 31.8. The van der Waals surface area contributed by atoms with Crippen LogP contribution in [0.25, 0.3) is 0 Å². The van der Waals surface area contributed by atoms with Crippen LogP contribution in [0.3, 0.4) is 0 Å². The highest BCUT2D eigenvalue weighted by Crippen LogP contribution is 2.26. The molecule has 0 aliphatic heterocycles. The van der Waals surface area contributed by atoms with Crippen LogP contribution in [-0.2, 0) is 0 Å². The number of rotatable bonds is 4. The number of aromatic nitrogens is 1. The molecule has 2 aromatic carbocycles. The third-order valence-electron chi connectivity index (χ3n) is 3.01. The lowest BCUT2D eigenvalue weighted by Gasteiger charge is -2.06. The van der Waals surface area contributed by atoms with E-state index in [-0.39, 0.29) is 5.75 Å². The molecule has 0 spiro atoms. The summed E-state index contributed by atoms with van der Waals surface area (Å²) in [6.07, 6.45) is 5.10. The van der Waals surface area contributed by atoms with Gasteiger partial charge in [0, 0.05) is 30.2 Å². The lowest BCUT2D eigenvalue weighted by Crippen LogP contribution is -1.89. The second kappa shape index (κ2) is 6.79. The fraction of sp³-hybridized carbons (Fsp3) is 0. The van der Waals surface area contributed by atoms with Gasteiger partial charge in [-0.3, -0.25) is 9.98 Å². The van der Waals surface area contributed by atoms with E-state index in [1.54, 1.807) is 42.9 Å². The van der Waals surface area contributed by atoms with Gasteiger partial charge in [-0.2, -0.15) is 0 Å². The molecule has 3 aromatic rings. The lowest BCUT2D eigenvalue weighted by molar-refractivity contribution is 0.438. The van der Waals surface area contributed by atoms with Gasteiger partial charge in [-0.1, -0.05) is 6.07 Å². The fourth-order valence-corrected chi connectivity index (χ4v) is 1.89. The van der Waals surface area contributed by atoms with Gasteiger partial charge < -0.3 is 4.74 Å². The quantitative estimate of drug-likeness (QED) is 0.642. The summed E-state index contributed by atoms with van der Waals surface area (Å²) in [6.45, 7) is 0. The molecule has 23 heavy (non-hydrogen) atoms. The van der Waals surface area contributed by atoms with Gasteiger partial charge >= 0.3 is 0 Å². The predicted octanol–water partition coefficient (Wildman–Crippen LogP) is 4.90. The summed E-state index contributed by atoms with van der Waals surface area (Å²) in [7, 11) is 0. The van der Waals surface area contributed by atoms with Gasteiger partial charge in [0.1, 0.15) is 11.6 Å². The SMILES string of the molecule is Fc1ccc(Oc2ccc(N=Cc3cccnc3)cc2)c(F)c1. The molecule has 0 atom stereocenters. The second-order valence-electron chi connectivity index (χ2n) is 4.72. The Labute approximate surface area is 131 Å². The number of nitrogens with zero attached hydrogens (tertiary/aromatic N) is 2. The molecule has 0 unspecified atom stereocenters. The number of ether oxygens (including phenoxy) is 1. The Morgan fingerprint density at radius 1 is 1.00 bits per heavy atom. The Morgan fingerprint density at radius 3 is 2.52 bits per heavy atom. The van der Waals surface area contributed by atoms with Crippen molar-refractivity contribution >= 4 is 11.9 Å². The zero-order chi connectivity index (χ0) is 16.1. The van der Waals surface area contributed by atoms with E-state index in [1.807, 2.05) is 12.1 Å². The Bertz CT molecular complexity index is 818. The van der Waals surface area contributed by atoms with E-state index in [1.165, 1.54) is 6.07 Å². The molecule has 0 amide bonds. The van der Waals surface area contributed by atoms with Gasteiger partial charge in [-0.15, -0.1) is 0 Å². The molecular weight excluding hydrogens is 298 g/mol. The fourth-order valence-electron chi connectivity index (χ4n) is 1.89. The largest absolute Gasteiger partial charge is 0.454 e. The summed E-state index contributed by atoms with van der Waals surface area (Å²) in [5.74, 6) is -0.979. The van der Waals surface area contributed by atoms with Gasteiger partial charge in [-0.25, -0.2) is 8.78 Å². The van der Waals surface area contributed by atoms with Crippen molar-refractivity contribution in [1.82, 2.24) is 4.98 Å². The highest BCUT2D eigenvalue weighted by molar-refractivity contribution is 5.81. The summed E-state index contributed by atoms with van der Waals surface area (Å²) in [4.78, 5) is 8.31. The molecule has 0 fully saturated rings. The van der Waals surface area contributed by atoms with Crippen molar-refractivity contribution in [3.8, 4) is 11.5 Å².